The van der Waals surface area contributed by atoms with Crippen molar-refractivity contribution in [2.45, 2.75) is 44.7 Å². The van der Waals surface area contributed by atoms with Gasteiger partial charge in [0.05, 0.1) is 0 Å². The van der Waals surface area contributed by atoms with E-state index in [1.165, 1.54) is 12.8 Å². The van der Waals surface area contributed by atoms with E-state index >= 15 is 0 Å². The molecule has 0 radical (unpaired) electrons. The number of carbonyl (C=O) groups excluding carboxylic acids is 1. The number of urea groups is 1. The van der Waals surface area contributed by atoms with Crippen molar-refractivity contribution in [2.75, 3.05) is 20.6 Å². The average Bonchev–Trinajstić information content (AvgIpc) is 2.28. The summed E-state index contributed by atoms with van der Waals surface area (Å²) in [4.78, 5) is 13.4. The van der Waals surface area contributed by atoms with Gasteiger partial charge < -0.3 is 15.5 Å². The van der Waals surface area contributed by atoms with Crippen LogP contribution in [0.5, 0.6) is 0 Å². The standard InChI is InChI=1S/C11H23N3O/c1-4-13-11(15)14(3)10-7-5-9(12-2)6-8-10/h9-10,12H,4-8H2,1-3H3,(H,13,15). The minimum atomic E-state index is 0.0606. The fourth-order valence-corrected chi connectivity index (χ4v) is 2.19. The van der Waals surface area contributed by atoms with Gasteiger partial charge in [0.15, 0.2) is 0 Å². The second kappa shape index (κ2) is 5.95. The van der Waals surface area contributed by atoms with Gasteiger partial charge in [-0.3, -0.25) is 0 Å². The van der Waals surface area contributed by atoms with Crippen LogP contribution in [0.2, 0.25) is 0 Å². The van der Waals surface area contributed by atoms with Crippen molar-refractivity contribution in [3.05, 3.63) is 0 Å². The minimum absolute atomic E-state index is 0.0606. The van der Waals surface area contributed by atoms with E-state index in [-0.39, 0.29) is 6.03 Å². The van der Waals surface area contributed by atoms with Crippen molar-refractivity contribution in [3.8, 4) is 0 Å². The quantitative estimate of drug-likeness (QED) is 0.739. The molecule has 0 bridgehead atoms. The zero-order chi connectivity index (χ0) is 11.3. The highest BCUT2D eigenvalue weighted by molar-refractivity contribution is 5.74. The maximum absolute atomic E-state index is 11.6. The lowest BCUT2D eigenvalue weighted by atomic mass is 9.90. The highest BCUT2D eigenvalue weighted by atomic mass is 16.2. The van der Waals surface area contributed by atoms with Crippen molar-refractivity contribution >= 4 is 6.03 Å². The van der Waals surface area contributed by atoms with E-state index in [0.29, 0.717) is 18.6 Å². The van der Waals surface area contributed by atoms with Crippen LogP contribution >= 0.6 is 0 Å². The zero-order valence-electron chi connectivity index (χ0n) is 10.0. The summed E-state index contributed by atoms with van der Waals surface area (Å²) in [6, 6.07) is 1.12. The number of hydrogen-bond acceptors (Lipinski definition) is 2. The van der Waals surface area contributed by atoms with Crippen LogP contribution in [0.3, 0.4) is 0 Å². The summed E-state index contributed by atoms with van der Waals surface area (Å²) in [5, 5.41) is 6.14. The van der Waals surface area contributed by atoms with Gasteiger partial charge in [-0.05, 0) is 39.7 Å². The first-order valence-corrected chi connectivity index (χ1v) is 5.87. The highest BCUT2D eigenvalue weighted by Crippen LogP contribution is 2.22. The molecule has 0 heterocycles. The van der Waals surface area contributed by atoms with Gasteiger partial charge in [-0.2, -0.15) is 0 Å². The smallest absolute Gasteiger partial charge is 0.317 e. The van der Waals surface area contributed by atoms with Gasteiger partial charge in [0.25, 0.3) is 0 Å². The molecule has 0 saturated heterocycles. The third-order valence-electron chi connectivity index (χ3n) is 3.30. The first-order chi connectivity index (χ1) is 7.19. The van der Waals surface area contributed by atoms with E-state index in [1.807, 2.05) is 25.9 Å². The van der Waals surface area contributed by atoms with Crippen LogP contribution in [0.4, 0.5) is 4.79 Å². The van der Waals surface area contributed by atoms with Gasteiger partial charge in [0, 0.05) is 25.7 Å². The first kappa shape index (κ1) is 12.3. The van der Waals surface area contributed by atoms with Crippen molar-refractivity contribution < 1.29 is 4.79 Å². The molecule has 4 nitrogen and oxygen atoms in total. The van der Waals surface area contributed by atoms with E-state index in [2.05, 4.69) is 10.6 Å². The Labute approximate surface area is 92.4 Å². The third kappa shape index (κ3) is 3.38. The van der Waals surface area contributed by atoms with Gasteiger partial charge >= 0.3 is 6.03 Å². The van der Waals surface area contributed by atoms with Crippen molar-refractivity contribution in [3.63, 3.8) is 0 Å². The molecule has 0 spiro atoms. The zero-order valence-corrected chi connectivity index (χ0v) is 10.0. The van der Waals surface area contributed by atoms with Gasteiger partial charge in [0.1, 0.15) is 0 Å². The number of nitrogens with one attached hydrogen (secondary N) is 2. The number of amides is 2. The Bertz CT molecular complexity index is 200. The lowest BCUT2D eigenvalue weighted by Crippen LogP contribution is -2.46. The summed E-state index contributed by atoms with van der Waals surface area (Å²) in [5.41, 5.74) is 0. The molecule has 2 N–H and O–H groups in total. The third-order valence-corrected chi connectivity index (χ3v) is 3.30. The van der Waals surface area contributed by atoms with Gasteiger partial charge in [0.2, 0.25) is 0 Å². The summed E-state index contributed by atoms with van der Waals surface area (Å²) in [7, 11) is 3.91. The molecule has 0 aromatic rings. The molecule has 15 heavy (non-hydrogen) atoms. The molecule has 2 amide bonds. The summed E-state index contributed by atoms with van der Waals surface area (Å²) >= 11 is 0. The Kier molecular flexibility index (Phi) is 4.88. The van der Waals surface area contributed by atoms with Gasteiger partial charge in [-0.1, -0.05) is 0 Å². The Morgan fingerprint density at radius 1 is 1.33 bits per heavy atom. The van der Waals surface area contributed by atoms with E-state index in [0.717, 1.165) is 12.8 Å². The lowest BCUT2D eigenvalue weighted by molar-refractivity contribution is 0.167. The summed E-state index contributed by atoms with van der Waals surface area (Å²) in [6.07, 6.45) is 4.56. The van der Waals surface area contributed by atoms with E-state index in [9.17, 15) is 4.79 Å². The highest BCUT2D eigenvalue weighted by Gasteiger charge is 2.25. The van der Waals surface area contributed by atoms with Gasteiger partial charge in [-0.25, -0.2) is 4.79 Å². The molecule has 4 heteroatoms. The number of rotatable bonds is 3. The molecule has 1 fully saturated rings. The van der Waals surface area contributed by atoms with E-state index < -0.39 is 0 Å². The predicted octanol–water partition coefficient (Wildman–Crippen LogP) is 1.18. The summed E-state index contributed by atoms with van der Waals surface area (Å²) < 4.78 is 0. The molecule has 1 saturated carbocycles. The SMILES string of the molecule is CCNC(=O)N(C)C1CCC(NC)CC1. The molecule has 88 valence electrons. The maximum Gasteiger partial charge on any atom is 0.317 e. The van der Waals surface area contributed by atoms with Crippen LogP contribution < -0.4 is 10.6 Å². The Hall–Kier alpha value is -0.770. The summed E-state index contributed by atoms with van der Waals surface area (Å²) in [5.74, 6) is 0. The Balaban J connectivity index is 2.35. The molecule has 1 aliphatic carbocycles. The maximum atomic E-state index is 11.6. The second-order valence-corrected chi connectivity index (χ2v) is 4.24. The second-order valence-electron chi connectivity index (χ2n) is 4.24. The lowest BCUT2D eigenvalue weighted by Gasteiger charge is -2.34. The largest absolute Gasteiger partial charge is 0.338 e. The van der Waals surface area contributed by atoms with E-state index in [1.54, 1.807) is 0 Å². The normalized spacial score (nSPS) is 26.1. The fraction of sp³-hybridized carbons (Fsp3) is 0.909. The molecule has 0 aliphatic heterocycles. The first-order valence-electron chi connectivity index (χ1n) is 5.87. The number of hydrogen-bond donors (Lipinski definition) is 2. The molecule has 1 aliphatic rings. The average molecular weight is 213 g/mol. The minimum Gasteiger partial charge on any atom is -0.338 e. The number of carbonyl (C=O) groups is 1. The predicted molar refractivity (Wildman–Crippen MR) is 61.9 cm³/mol. The van der Waals surface area contributed by atoms with Crippen LogP contribution in [0.1, 0.15) is 32.6 Å². The van der Waals surface area contributed by atoms with Crippen LogP contribution in [-0.4, -0.2) is 43.7 Å². The van der Waals surface area contributed by atoms with Crippen LogP contribution in [0, 0.1) is 0 Å². The van der Waals surface area contributed by atoms with Crippen molar-refractivity contribution in [2.24, 2.45) is 0 Å². The molecule has 0 unspecified atom stereocenters. The molecule has 0 aromatic heterocycles. The molecular formula is C11H23N3O. The van der Waals surface area contributed by atoms with E-state index in [4.69, 9.17) is 0 Å². The van der Waals surface area contributed by atoms with Gasteiger partial charge in [-0.15, -0.1) is 0 Å². The van der Waals surface area contributed by atoms with Crippen LogP contribution in [-0.2, 0) is 0 Å². The Morgan fingerprint density at radius 3 is 2.40 bits per heavy atom. The van der Waals surface area contributed by atoms with Crippen LogP contribution in [0.25, 0.3) is 0 Å². The topological polar surface area (TPSA) is 44.4 Å². The molecule has 0 atom stereocenters. The molecule has 0 aromatic carbocycles. The fourth-order valence-electron chi connectivity index (χ4n) is 2.19. The summed E-state index contributed by atoms with van der Waals surface area (Å²) in [6.45, 7) is 2.65. The molecular weight excluding hydrogens is 190 g/mol. The van der Waals surface area contributed by atoms with Crippen molar-refractivity contribution in [1.82, 2.24) is 15.5 Å². The molecule has 1 rings (SSSR count). The van der Waals surface area contributed by atoms with Crippen LogP contribution in [0.15, 0.2) is 0 Å². The number of nitrogens with zero attached hydrogens (tertiary/aromatic N) is 1. The van der Waals surface area contributed by atoms with Crippen molar-refractivity contribution in [1.29, 1.82) is 0 Å². The monoisotopic (exact) mass is 213 g/mol. The Morgan fingerprint density at radius 2 is 1.93 bits per heavy atom.